The first-order valence-corrected chi connectivity index (χ1v) is 4.22. The van der Waals surface area contributed by atoms with E-state index in [2.05, 4.69) is 0 Å². The van der Waals surface area contributed by atoms with Gasteiger partial charge in [-0.05, 0) is 20.3 Å². The van der Waals surface area contributed by atoms with E-state index < -0.39 is 5.41 Å². The second kappa shape index (κ2) is 2.90. The second-order valence-electron chi connectivity index (χ2n) is 4.05. The van der Waals surface area contributed by atoms with Crippen LogP contribution in [0.5, 0.6) is 0 Å². The van der Waals surface area contributed by atoms with Gasteiger partial charge in [-0.3, -0.25) is 10.1 Å². The zero-order valence-electron chi connectivity index (χ0n) is 8.20. The van der Waals surface area contributed by atoms with Gasteiger partial charge in [0.15, 0.2) is 5.82 Å². The molecular weight excluding hydrogens is 170 g/mol. The number of hydrogen-bond acceptors (Lipinski definition) is 4. The van der Waals surface area contributed by atoms with Gasteiger partial charge in [0.05, 0.1) is 10.3 Å². The van der Waals surface area contributed by atoms with E-state index in [1.54, 1.807) is 11.9 Å². The zero-order valence-corrected chi connectivity index (χ0v) is 8.20. The maximum atomic E-state index is 10.8. The molecular formula is C8H15N3O2. The van der Waals surface area contributed by atoms with Gasteiger partial charge in [0, 0.05) is 13.6 Å². The summed E-state index contributed by atoms with van der Waals surface area (Å²) >= 11 is 0. The van der Waals surface area contributed by atoms with Gasteiger partial charge in [-0.15, -0.1) is 0 Å². The second-order valence-corrected chi connectivity index (χ2v) is 4.05. The van der Waals surface area contributed by atoms with Crippen molar-refractivity contribution in [2.75, 3.05) is 13.6 Å². The molecule has 0 bridgehead atoms. The van der Waals surface area contributed by atoms with Crippen LogP contribution in [0.15, 0.2) is 11.5 Å². The van der Waals surface area contributed by atoms with Crippen LogP contribution in [0.1, 0.15) is 20.3 Å². The highest BCUT2D eigenvalue weighted by Crippen LogP contribution is 2.35. The third-order valence-corrected chi connectivity index (χ3v) is 2.55. The molecule has 0 atom stereocenters. The summed E-state index contributed by atoms with van der Waals surface area (Å²) in [7, 11) is 1.77. The van der Waals surface area contributed by atoms with Crippen molar-refractivity contribution in [3.05, 3.63) is 21.6 Å². The van der Waals surface area contributed by atoms with Crippen LogP contribution in [0.2, 0.25) is 0 Å². The number of nitro groups is 1. The van der Waals surface area contributed by atoms with Gasteiger partial charge in [-0.25, -0.2) is 0 Å². The minimum atomic E-state index is -0.417. The molecule has 0 saturated heterocycles. The average molecular weight is 185 g/mol. The average Bonchev–Trinajstić information content (AvgIpc) is 1.96. The molecule has 5 nitrogen and oxygen atoms in total. The Morgan fingerprint density at radius 1 is 1.62 bits per heavy atom. The minimum Gasteiger partial charge on any atom is -0.380 e. The SMILES string of the molecule is CN1CCC(C)(C)C([N+](=O)[O-])=C1N. The summed E-state index contributed by atoms with van der Waals surface area (Å²) in [5, 5.41) is 10.8. The summed E-state index contributed by atoms with van der Waals surface area (Å²) in [6.45, 7) is 4.48. The molecule has 0 fully saturated rings. The zero-order chi connectivity index (χ0) is 10.2. The van der Waals surface area contributed by atoms with Gasteiger partial charge in [0.25, 0.3) is 5.70 Å². The summed E-state index contributed by atoms with van der Waals surface area (Å²) in [6.07, 6.45) is 0.764. The minimum absolute atomic E-state index is 0.140. The Kier molecular flexibility index (Phi) is 2.19. The molecule has 0 saturated carbocycles. The Balaban J connectivity index is 3.17. The molecule has 1 heterocycles. The third-order valence-electron chi connectivity index (χ3n) is 2.55. The quantitative estimate of drug-likeness (QED) is 0.483. The maximum Gasteiger partial charge on any atom is 0.291 e. The van der Waals surface area contributed by atoms with E-state index in [0.717, 1.165) is 13.0 Å². The molecule has 0 radical (unpaired) electrons. The van der Waals surface area contributed by atoms with Crippen molar-refractivity contribution in [2.45, 2.75) is 20.3 Å². The van der Waals surface area contributed by atoms with Crippen molar-refractivity contribution >= 4 is 0 Å². The Morgan fingerprint density at radius 3 is 2.54 bits per heavy atom. The Morgan fingerprint density at radius 2 is 2.15 bits per heavy atom. The van der Waals surface area contributed by atoms with Crippen molar-refractivity contribution in [1.82, 2.24) is 4.90 Å². The van der Waals surface area contributed by atoms with Crippen molar-refractivity contribution in [3.8, 4) is 0 Å². The first kappa shape index (κ1) is 9.83. The highest BCUT2D eigenvalue weighted by Gasteiger charge is 2.40. The van der Waals surface area contributed by atoms with Crippen LogP contribution in [-0.2, 0) is 0 Å². The maximum absolute atomic E-state index is 10.8. The summed E-state index contributed by atoms with van der Waals surface area (Å²) in [5.41, 5.74) is 5.39. The van der Waals surface area contributed by atoms with Crippen LogP contribution >= 0.6 is 0 Å². The fraction of sp³-hybridized carbons (Fsp3) is 0.750. The van der Waals surface area contributed by atoms with Gasteiger partial charge >= 0.3 is 0 Å². The van der Waals surface area contributed by atoms with Crippen LogP contribution in [0.3, 0.4) is 0 Å². The highest BCUT2D eigenvalue weighted by molar-refractivity contribution is 5.14. The van der Waals surface area contributed by atoms with Crippen LogP contribution < -0.4 is 5.73 Å². The van der Waals surface area contributed by atoms with Gasteiger partial charge in [-0.1, -0.05) is 0 Å². The summed E-state index contributed by atoms with van der Waals surface area (Å²) < 4.78 is 0. The van der Waals surface area contributed by atoms with Crippen LogP contribution in [0.4, 0.5) is 0 Å². The molecule has 0 unspecified atom stereocenters. The van der Waals surface area contributed by atoms with E-state index in [-0.39, 0.29) is 10.6 Å². The molecule has 0 aromatic rings. The first-order valence-electron chi connectivity index (χ1n) is 4.22. The summed E-state index contributed by atoms with van der Waals surface area (Å²) in [6, 6.07) is 0. The van der Waals surface area contributed by atoms with E-state index in [1.807, 2.05) is 13.8 Å². The molecule has 2 N–H and O–H groups in total. The summed E-state index contributed by atoms with van der Waals surface area (Å²) in [4.78, 5) is 12.1. The lowest BCUT2D eigenvalue weighted by molar-refractivity contribution is -0.444. The number of rotatable bonds is 1. The smallest absolute Gasteiger partial charge is 0.291 e. The third kappa shape index (κ3) is 1.59. The largest absolute Gasteiger partial charge is 0.380 e. The lowest BCUT2D eigenvalue weighted by Gasteiger charge is -2.33. The molecule has 5 heteroatoms. The lowest BCUT2D eigenvalue weighted by Crippen LogP contribution is -2.40. The molecule has 0 amide bonds. The molecule has 1 aliphatic rings. The fourth-order valence-electron chi connectivity index (χ4n) is 1.55. The molecule has 1 aliphatic heterocycles. The van der Waals surface area contributed by atoms with E-state index in [1.165, 1.54) is 0 Å². The molecule has 13 heavy (non-hydrogen) atoms. The number of allylic oxidation sites excluding steroid dienone is 1. The monoisotopic (exact) mass is 185 g/mol. The van der Waals surface area contributed by atoms with Crippen molar-refractivity contribution in [1.29, 1.82) is 0 Å². The van der Waals surface area contributed by atoms with Crippen molar-refractivity contribution in [3.63, 3.8) is 0 Å². The van der Waals surface area contributed by atoms with Crippen LogP contribution in [0, 0.1) is 15.5 Å². The van der Waals surface area contributed by atoms with E-state index >= 15 is 0 Å². The number of hydrogen-bond donors (Lipinski definition) is 1. The fourth-order valence-corrected chi connectivity index (χ4v) is 1.55. The molecule has 1 rings (SSSR count). The standard InChI is InChI=1S/C8H15N3O2/c1-8(2)4-5-10(3)7(9)6(8)11(12)13/h4-5,9H2,1-3H3. The van der Waals surface area contributed by atoms with Gasteiger partial charge in [0.1, 0.15) is 0 Å². The number of nitrogens with zero attached hydrogens (tertiary/aromatic N) is 2. The van der Waals surface area contributed by atoms with E-state index in [4.69, 9.17) is 5.73 Å². The summed E-state index contributed by atoms with van der Waals surface area (Å²) in [5.74, 6) is 0.293. The lowest BCUT2D eigenvalue weighted by atomic mass is 9.83. The highest BCUT2D eigenvalue weighted by atomic mass is 16.6. The van der Waals surface area contributed by atoms with E-state index in [0.29, 0.717) is 5.82 Å². The topological polar surface area (TPSA) is 72.4 Å². The Bertz CT molecular complexity index is 271. The molecule has 0 aromatic carbocycles. The molecule has 0 aliphatic carbocycles. The van der Waals surface area contributed by atoms with Crippen molar-refractivity contribution < 1.29 is 4.92 Å². The van der Waals surface area contributed by atoms with Gasteiger partial charge in [-0.2, -0.15) is 0 Å². The predicted molar refractivity (Wildman–Crippen MR) is 49.2 cm³/mol. The van der Waals surface area contributed by atoms with E-state index in [9.17, 15) is 10.1 Å². The number of nitrogens with two attached hydrogens (primary N) is 1. The predicted octanol–water partition coefficient (Wildman–Crippen LogP) is 0.753. The molecule has 74 valence electrons. The Hall–Kier alpha value is -1.26. The first-order chi connectivity index (χ1) is 5.86. The molecule has 0 spiro atoms. The van der Waals surface area contributed by atoms with Crippen molar-refractivity contribution in [2.24, 2.45) is 11.1 Å². The normalized spacial score (nSPS) is 21.9. The van der Waals surface area contributed by atoms with Gasteiger partial charge < -0.3 is 10.6 Å². The molecule has 0 aromatic heterocycles. The van der Waals surface area contributed by atoms with Gasteiger partial charge in [0.2, 0.25) is 0 Å². The Labute approximate surface area is 77.4 Å². The van der Waals surface area contributed by atoms with Crippen LogP contribution in [-0.4, -0.2) is 23.4 Å². The van der Waals surface area contributed by atoms with Crippen LogP contribution in [0.25, 0.3) is 0 Å².